The second-order valence-electron chi connectivity index (χ2n) is 3.98. The minimum atomic E-state index is 0.0136. The molecule has 0 unspecified atom stereocenters. The molecule has 4 heteroatoms. The first-order valence-corrected chi connectivity index (χ1v) is 6.66. The van der Waals surface area contributed by atoms with Gasteiger partial charge in [0.25, 0.3) is 0 Å². The monoisotopic (exact) mass is 263 g/mol. The summed E-state index contributed by atoms with van der Waals surface area (Å²) in [5.41, 5.74) is 3.07. The Morgan fingerprint density at radius 3 is 3.00 bits per heavy atom. The van der Waals surface area contributed by atoms with Gasteiger partial charge in [-0.25, -0.2) is 0 Å². The van der Waals surface area contributed by atoms with Crippen LogP contribution in [-0.4, -0.2) is 12.3 Å². The van der Waals surface area contributed by atoms with E-state index in [1.807, 2.05) is 23.6 Å². The number of rotatable bonds is 2. The van der Waals surface area contributed by atoms with Crippen molar-refractivity contribution in [1.29, 1.82) is 0 Å². The Kier molecular flexibility index (Phi) is 2.65. The fourth-order valence-electron chi connectivity index (χ4n) is 2.03. The van der Waals surface area contributed by atoms with Crippen LogP contribution in [-0.2, 0) is 6.42 Å². The van der Waals surface area contributed by atoms with E-state index in [9.17, 15) is 4.79 Å². The molecular weight excluding hydrogens is 254 g/mol. The van der Waals surface area contributed by atoms with Crippen LogP contribution in [0, 0.1) is 0 Å². The third-order valence-corrected chi connectivity index (χ3v) is 4.24. The third-order valence-electron chi connectivity index (χ3n) is 2.90. The van der Waals surface area contributed by atoms with Crippen LogP contribution in [0.5, 0.6) is 0 Å². The number of carbonyl (C=O) groups is 1. The van der Waals surface area contributed by atoms with Gasteiger partial charge in [-0.2, -0.15) is 0 Å². The normalized spacial score (nSPS) is 13.2. The van der Waals surface area contributed by atoms with Crippen LogP contribution >= 0.6 is 22.9 Å². The van der Waals surface area contributed by atoms with E-state index in [0.29, 0.717) is 9.90 Å². The topological polar surface area (TPSA) is 29.1 Å². The molecule has 2 nitrogen and oxygen atoms in total. The first-order chi connectivity index (χ1) is 8.25. The van der Waals surface area contributed by atoms with Gasteiger partial charge in [-0.15, -0.1) is 11.3 Å². The van der Waals surface area contributed by atoms with Crippen LogP contribution in [0.15, 0.2) is 29.6 Å². The van der Waals surface area contributed by atoms with Crippen LogP contribution in [0.4, 0.5) is 5.69 Å². The van der Waals surface area contributed by atoms with Crippen molar-refractivity contribution in [3.05, 3.63) is 50.7 Å². The Morgan fingerprint density at radius 1 is 1.35 bits per heavy atom. The van der Waals surface area contributed by atoms with Crippen LogP contribution in [0.25, 0.3) is 0 Å². The van der Waals surface area contributed by atoms with Crippen LogP contribution in [0.1, 0.15) is 20.8 Å². The van der Waals surface area contributed by atoms with Gasteiger partial charge in [-0.3, -0.25) is 4.79 Å². The van der Waals surface area contributed by atoms with E-state index in [2.05, 4.69) is 5.32 Å². The Bertz CT molecular complexity index is 591. The van der Waals surface area contributed by atoms with E-state index < -0.39 is 0 Å². The molecule has 0 spiro atoms. The number of ketones is 1. The molecule has 3 rings (SSSR count). The number of thiophene rings is 1. The second kappa shape index (κ2) is 4.17. The highest BCUT2D eigenvalue weighted by atomic mass is 35.5. The highest BCUT2D eigenvalue weighted by Crippen LogP contribution is 2.28. The molecule has 1 aliphatic heterocycles. The lowest BCUT2D eigenvalue weighted by Gasteiger charge is -2.03. The summed E-state index contributed by atoms with van der Waals surface area (Å²) in [6.07, 6.45) is 0.981. The zero-order chi connectivity index (χ0) is 11.8. The molecule has 0 saturated carbocycles. The zero-order valence-electron chi connectivity index (χ0n) is 9.00. The molecule has 0 fully saturated rings. The van der Waals surface area contributed by atoms with Gasteiger partial charge in [0.1, 0.15) is 0 Å². The van der Waals surface area contributed by atoms with Crippen molar-refractivity contribution in [3.8, 4) is 0 Å². The highest BCUT2D eigenvalue weighted by molar-refractivity contribution is 7.13. The molecular formula is C13H10ClNOS. The zero-order valence-corrected chi connectivity index (χ0v) is 10.6. The van der Waals surface area contributed by atoms with Gasteiger partial charge in [0.15, 0.2) is 0 Å². The minimum Gasteiger partial charge on any atom is -0.384 e. The molecule has 17 heavy (non-hydrogen) atoms. The molecule has 0 radical (unpaired) electrons. The summed E-state index contributed by atoms with van der Waals surface area (Å²) >= 11 is 7.37. The van der Waals surface area contributed by atoms with Crippen molar-refractivity contribution in [2.45, 2.75) is 6.42 Å². The molecule has 1 aromatic carbocycles. The lowest BCUT2D eigenvalue weighted by Crippen LogP contribution is -1.99. The molecule has 2 aromatic rings. The molecule has 0 atom stereocenters. The van der Waals surface area contributed by atoms with Gasteiger partial charge in [-0.1, -0.05) is 11.6 Å². The average Bonchev–Trinajstić information content (AvgIpc) is 2.95. The Labute approximate surface area is 108 Å². The molecule has 0 bridgehead atoms. The van der Waals surface area contributed by atoms with Gasteiger partial charge in [0.2, 0.25) is 5.78 Å². The number of carbonyl (C=O) groups excluding carboxylic acids is 1. The summed E-state index contributed by atoms with van der Waals surface area (Å²) in [6, 6.07) is 7.55. The van der Waals surface area contributed by atoms with Crippen LogP contribution in [0.2, 0.25) is 5.02 Å². The van der Waals surface area contributed by atoms with E-state index in [4.69, 9.17) is 11.6 Å². The van der Waals surface area contributed by atoms with E-state index in [1.54, 1.807) is 6.07 Å². The number of fused-ring (bicyclic) bond motifs is 1. The van der Waals surface area contributed by atoms with Gasteiger partial charge in [0.05, 0.1) is 9.90 Å². The van der Waals surface area contributed by atoms with Crippen molar-refractivity contribution in [2.24, 2.45) is 0 Å². The number of anilines is 1. The van der Waals surface area contributed by atoms with Crippen LogP contribution in [0.3, 0.4) is 0 Å². The fourth-order valence-corrected chi connectivity index (χ4v) is 3.14. The van der Waals surface area contributed by atoms with E-state index in [-0.39, 0.29) is 5.78 Å². The summed E-state index contributed by atoms with van der Waals surface area (Å²) in [5, 5.41) is 5.66. The molecule has 0 aliphatic carbocycles. The van der Waals surface area contributed by atoms with E-state index in [1.165, 1.54) is 16.9 Å². The number of hydrogen-bond donors (Lipinski definition) is 1. The van der Waals surface area contributed by atoms with Crippen molar-refractivity contribution < 1.29 is 4.79 Å². The predicted octanol–water partition coefficient (Wildman–Crippen LogP) is 3.60. The first kappa shape index (κ1) is 10.8. The number of halogens is 1. The van der Waals surface area contributed by atoms with E-state index in [0.717, 1.165) is 24.2 Å². The molecule has 1 aliphatic rings. The molecule has 0 saturated heterocycles. The quantitative estimate of drug-likeness (QED) is 0.839. The maximum absolute atomic E-state index is 12.2. The van der Waals surface area contributed by atoms with Crippen molar-refractivity contribution >= 4 is 34.4 Å². The molecule has 86 valence electrons. The number of hydrogen-bond acceptors (Lipinski definition) is 3. The molecule has 0 amide bonds. The largest absolute Gasteiger partial charge is 0.384 e. The number of benzene rings is 1. The van der Waals surface area contributed by atoms with Crippen molar-refractivity contribution in [2.75, 3.05) is 11.9 Å². The average molecular weight is 264 g/mol. The van der Waals surface area contributed by atoms with Crippen molar-refractivity contribution in [1.82, 2.24) is 0 Å². The smallest absolute Gasteiger partial charge is 0.204 e. The van der Waals surface area contributed by atoms with Gasteiger partial charge in [0, 0.05) is 17.8 Å². The first-order valence-electron chi connectivity index (χ1n) is 5.40. The third kappa shape index (κ3) is 1.85. The number of nitrogens with one attached hydrogen (secondary N) is 1. The molecule has 1 aromatic heterocycles. The highest BCUT2D eigenvalue weighted by Gasteiger charge is 2.17. The maximum Gasteiger partial charge on any atom is 0.204 e. The van der Waals surface area contributed by atoms with Crippen molar-refractivity contribution in [3.63, 3.8) is 0 Å². The predicted molar refractivity (Wildman–Crippen MR) is 71.4 cm³/mol. The minimum absolute atomic E-state index is 0.0136. The van der Waals surface area contributed by atoms with Gasteiger partial charge < -0.3 is 5.32 Å². The lowest BCUT2D eigenvalue weighted by molar-refractivity contribution is 0.104. The standard InChI is InChI=1S/C13H10ClNOS/c14-10-4-6-17-13(10)12(16)9-1-2-11-8(7-9)3-5-15-11/h1-2,4,6-7,15H,3,5H2. The summed E-state index contributed by atoms with van der Waals surface area (Å²) < 4.78 is 0. The Balaban J connectivity index is 2.00. The SMILES string of the molecule is O=C(c1ccc2c(c1)CCN2)c1sccc1Cl. The fraction of sp³-hybridized carbons (Fsp3) is 0.154. The summed E-state index contributed by atoms with van der Waals surface area (Å²) in [4.78, 5) is 12.9. The van der Waals surface area contributed by atoms with Gasteiger partial charge >= 0.3 is 0 Å². The molecule has 1 N–H and O–H groups in total. The van der Waals surface area contributed by atoms with E-state index >= 15 is 0 Å². The van der Waals surface area contributed by atoms with Gasteiger partial charge in [-0.05, 0) is 41.6 Å². The van der Waals surface area contributed by atoms with Crippen LogP contribution < -0.4 is 5.32 Å². The maximum atomic E-state index is 12.2. The Hall–Kier alpha value is -1.32. The summed E-state index contributed by atoms with van der Waals surface area (Å²) in [7, 11) is 0. The second-order valence-corrected chi connectivity index (χ2v) is 5.30. The Morgan fingerprint density at radius 2 is 2.24 bits per heavy atom. The summed E-state index contributed by atoms with van der Waals surface area (Å²) in [6.45, 7) is 0.951. The lowest BCUT2D eigenvalue weighted by atomic mass is 10.0. The summed E-state index contributed by atoms with van der Waals surface area (Å²) in [5.74, 6) is 0.0136. The molecule has 2 heterocycles.